The normalized spacial score (nSPS) is 19.0. The standard InChI is InChI=1S/C15H23N/c1-11-8-12(2)13(3)14(9-11)15(10-16)6-4-5-7-15/h8-9H,4-7,10,16H2,1-3H3. The van der Waals surface area contributed by atoms with Crippen LogP contribution >= 0.6 is 0 Å². The second-order valence-corrected chi connectivity index (χ2v) is 5.45. The first-order valence-electron chi connectivity index (χ1n) is 6.37. The molecule has 1 saturated carbocycles. The molecule has 0 spiro atoms. The molecule has 0 bridgehead atoms. The Bertz CT molecular complexity index is 387. The van der Waals surface area contributed by atoms with Crippen molar-refractivity contribution in [2.75, 3.05) is 6.54 Å². The Kier molecular flexibility index (Phi) is 3.07. The first kappa shape index (κ1) is 11.7. The minimum Gasteiger partial charge on any atom is -0.330 e. The highest BCUT2D eigenvalue weighted by Crippen LogP contribution is 2.42. The largest absolute Gasteiger partial charge is 0.330 e. The van der Waals surface area contributed by atoms with Crippen molar-refractivity contribution in [3.8, 4) is 0 Å². The number of hydrogen-bond acceptors (Lipinski definition) is 1. The molecule has 1 aliphatic rings. The van der Waals surface area contributed by atoms with Gasteiger partial charge in [-0.1, -0.05) is 30.5 Å². The van der Waals surface area contributed by atoms with Crippen molar-refractivity contribution < 1.29 is 0 Å². The number of rotatable bonds is 2. The molecule has 0 aromatic heterocycles. The maximum atomic E-state index is 6.07. The monoisotopic (exact) mass is 217 g/mol. The number of hydrogen-bond donors (Lipinski definition) is 1. The average Bonchev–Trinajstić information content (AvgIpc) is 2.73. The molecule has 0 unspecified atom stereocenters. The molecule has 0 amide bonds. The maximum absolute atomic E-state index is 6.07. The molecule has 1 aliphatic carbocycles. The lowest BCUT2D eigenvalue weighted by Gasteiger charge is -2.30. The van der Waals surface area contributed by atoms with Gasteiger partial charge < -0.3 is 5.73 Å². The van der Waals surface area contributed by atoms with E-state index in [1.54, 1.807) is 0 Å². The minimum absolute atomic E-state index is 0.279. The molecule has 0 heterocycles. The number of benzene rings is 1. The summed E-state index contributed by atoms with van der Waals surface area (Å²) < 4.78 is 0. The fraction of sp³-hybridized carbons (Fsp3) is 0.600. The Labute approximate surface area is 99.0 Å². The molecule has 0 saturated heterocycles. The number of nitrogens with two attached hydrogens (primary N) is 1. The average molecular weight is 217 g/mol. The van der Waals surface area contributed by atoms with E-state index < -0.39 is 0 Å². The quantitative estimate of drug-likeness (QED) is 0.807. The first-order chi connectivity index (χ1) is 7.59. The molecule has 1 fully saturated rings. The van der Waals surface area contributed by atoms with Crippen molar-refractivity contribution in [1.29, 1.82) is 0 Å². The molecule has 0 atom stereocenters. The zero-order chi connectivity index (χ0) is 11.8. The maximum Gasteiger partial charge on any atom is 0.00783 e. The fourth-order valence-corrected chi connectivity index (χ4v) is 3.23. The molecule has 16 heavy (non-hydrogen) atoms. The van der Waals surface area contributed by atoms with Gasteiger partial charge >= 0.3 is 0 Å². The van der Waals surface area contributed by atoms with E-state index in [1.807, 2.05) is 0 Å². The lowest BCUT2D eigenvalue weighted by atomic mass is 9.75. The van der Waals surface area contributed by atoms with Crippen molar-refractivity contribution in [2.24, 2.45) is 5.73 Å². The van der Waals surface area contributed by atoms with E-state index in [2.05, 4.69) is 32.9 Å². The minimum atomic E-state index is 0.279. The Balaban J connectivity index is 2.53. The molecule has 2 N–H and O–H groups in total. The molecular formula is C15H23N. The molecule has 0 aliphatic heterocycles. The van der Waals surface area contributed by atoms with Gasteiger partial charge in [0, 0.05) is 12.0 Å². The third-order valence-corrected chi connectivity index (χ3v) is 4.33. The van der Waals surface area contributed by atoms with Gasteiger partial charge in [-0.15, -0.1) is 0 Å². The predicted molar refractivity (Wildman–Crippen MR) is 69.9 cm³/mol. The Morgan fingerprint density at radius 2 is 1.75 bits per heavy atom. The van der Waals surface area contributed by atoms with Gasteiger partial charge in [-0.2, -0.15) is 0 Å². The molecular weight excluding hydrogens is 194 g/mol. The summed E-state index contributed by atoms with van der Waals surface area (Å²) in [5.41, 5.74) is 12.1. The smallest absolute Gasteiger partial charge is 0.00783 e. The number of aryl methyl sites for hydroxylation is 2. The summed E-state index contributed by atoms with van der Waals surface area (Å²) in [5, 5.41) is 0. The lowest BCUT2D eigenvalue weighted by Crippen LogP contribution is -2.33. The van der Waals surface area contributed by atoms with Crippen LogP contribution in [0.5, 0.6) is 0 Å². The van der Waals surface area contributed by atoms with Crippen LogP contribution in [0.15, 0.2) is 12.1 Å². The Morgan fingerprint density at radius 1 is 1.12 bits per heavy atom. The fourth-order valence-electron chi connectivity index (χ4n) is 3.23. The van der Waals surface area contributed by atoms with Crippen LogP contribution in [0.2, 0.25) is 0 Å². The summed E-state index contributed by atoms with van der Waals surface area (Å²) in [6.45, 7) is 7.46. The highest BCUT2D eigenvalue weighted by molar-refractivity contribution is 5.42. The summed E-state index contributed by atoms with van der Waals surface area (Å²) in [6.07, 6.45) is 5.22. The van der Waals surface area contributed by atoms with E-state index in [-0.39, 0.29) is 5.41 Å². The van der Waals surface area contributed by atoms with Gasteiger partial charge in [0.1, 0.15) is 0 Å². The van der Waals surface area contributed by atoms with E-state index in [4.69, 9.17) is 5.73 Å². The van der Waals surface area contributed by atoms with E-state index in [0.29, 0.717) is 0 Å². The zero-order valence-electron chi connectivity index (χ0n) is 10.8. The molecule has 2 rings (SSSR count). The SMILES string of the molecule is Cc1cc(C)c(C)c(C2(CN)CCCC2)c1. The molecule has 88 valence electrons. The van der Waals surface area contributed by atoms with Crippen molar-refractivity contribution in [3.63, 3.8) is 0 Å². The van der Waals surface area contributed by atoms with Crippen molar-refractivity contribution in [1.82, 2.24) is 0 Å². The predicted octanol–water partition coefficient (Wildman–Crippen LogP) is 3.38. The van der Waals surface area contributed by atoms with Gasteiger partial charge in [0.15, 0.2) is 0 Å². The van der Waals surface area contributed by atoms with Crippen LogP contribution in [-0.2, 0) is 5.41 Å². The lowest BCUT2D eigenvalue weighted by molar-refractivity contribution is 0.450. The molecule has 1 heteroatoms. The van der Waals surface area contributed by atoms with E-state index in [0.717, 1.165) is 6.54 Å². The summed E-state index contributed by atoms with van der Waals surface area (Å²) in [6, 6.07) is 4.64. The molecule has 0 radical (unpaired) electrons. The summed E-state index contributed by atoms with van der Waals surface area (Å²) >= 11 is 0. The van der Waals surface area contributed by atoms with Gasteiger partial charge in [-0.3, -0.25) is 0 Å². The first-order valence-corrected chi connectivity index (χ1v) is 6.37. The van der Waals surface area contributed by atoms with Gasteiger partial charge in [0.25, 0.3) is 0 Å². The van der Waals surface area contributed by atoms with E-state index in [1.165, 1.54) is 47.9 Å². The summed E-state index contributed by atoms with van der Waals surface area (Å²) in [4.78, 5) is 0. The van der Waals surface area contributed by atoms with E-state index >= 15 is 0 Å². The van der Waals surface area contributed by atoms with Crippen LogP contribution in [-0.4, -0.2) is 6.54 Å². The second kappa shape index (κ2) is 4.21. The Morgan fingerprint density at radius 3 is 2.31 bits per heavy atom. The third-order valence-electron chi connectivity index (χ3n) is 4.33. The second-order valence-electron chi connectivity index (χ2n) is 5.45. The zero-order valence-corrected chi connectivity index (χ0v) is 10.8. The van der Waals surface area contributed by atoms with E-state index in [9.17, 15) is 0 Å². The van der Waals surface area contributed by atoms with Gasteiger partial charge in [0.05, 0.1) is 0 Å². The van der Waals surface area contributed by atoms with Crippen molar-refractivity contribution >= 4 is 0 Å². The highest BCUT2D eigenvalue weighted by Gasteiger charge is 2.35. The third kappa shape index (κ3) is 1.78. The van der Waals surface area contributed by atoms with Crippen LogP contribution in [0.1, 0.15) is 47.9 Å². The molecule has 1 aromatic carbocycles. The summed E-state index contributed by atoms with van der Waals surface area (Å²) in [7, 11) is 0. The van der Waals surface area contributed by atoms with Gasteiger partial charge in [-0.25, -0.2) is 0 Å². The highest BCUT2D eigenvalue weighted by atomic mass is 14.6. The molecule has 1 nitrogen and oxygen atoms in total. The van der Waals surface area contributed by atoms with Crippen LogP contribution in [0.3, 0.4) is 0 Å². The summed E-state index contributed by atoms with van der Waals surface area (Å²) in [5.74, 6) is 0. The topological polar surface area (TPSA) is 26.0 Å². The molecule has 1 aromatic rings. The van der Waals surface area contributed by atoms with Crippen LogP contribution < -0.4 is 5.73 Å². The van der Waals surface area contributed by atoms with Crippen LogP contribution in [0.25, 0.3) is 0 Å². The Hall–Kier alpha value is -0.820. The van der Waals surface area contributed by atoms with Crippen LogP contribution in [0.4, 0.5) is 0 Å². The van der Waals surface area contributed by atoms with Crippen molar-refractivity contribution in [2.45, 2.75) is 51.9 Å². The van der Waals surface area contributed by atoms with Crippen molar-refractivity contribution in [3.05, 3.63) is 34.4 Å². The van der Waals surface area contributed by atoms with Gasteiger partial charge in [-0.05, 0) is 50.3 Å². The van der Waals surface area contributed by atoms with Gasteiger partial charge in [0.2, 0.25) is 0 Å². The van der Waals surface area contributed by atoms with Crippen LogP contribution in [0, 0.1) is 20.8 Å².